The van der Waals surface area contributed by atoms with Gasteiger partial charge in [0.15, 0.2) is 11.5 Å². The van der Waals surface area contributed by atoms with Crippen LogP contribution in [0.5, 0.6) is 0 Å². The van der Waals surface area contributed by atoms with Crippen molar-refractivity contribution >= 4 is 17.7 Å². The molecule has 3 aromatic rings. The second-order valence-electron chi connectivity index (χ2n) is 6.16. The van der Waals surface area contributed by atoms with Crippen molar-refractivity contribution in [3.05, 3.63) is 42.5 Å². The molecule has 0 aliphatic carbocycles. The molecule has 3 rings (SSSR count). The molecule has 0 saturated carbocycles. The van der Waals surface area contributed by atoms with Crippen molar-refractivity contribution in [2.75, 3.05) is 5.32 Å². The molecule has 9 nitrogen and oxygen atoms in total. The van der Waals surface area contributed by atoms with Crippen molar-refractivity contribution in [1.29, 1.82) is 0 Å². The number of carbonyl (C=O) groups is 2. The smallest absolute Gasteiger partial charge is 0.435 e. The molecule has 1 N–H and O–H groups in total. The van der Waals surface area contributed by atoms with E-state index in [1.54, 1.807) is 32.9 Å². The minimum Gasteiger partial charge on any atom is -0.461 e. The summed E-state index contributed by atoms with van der Waals surface area (Å²) in [5, 5.41) is 10.1. The number of amides is 1. The van der Waals surface area contributed by atoms with E-state index in [0.717, 1.165) is 4.68 Å². The summed E-state index contributed by atoms with van der Waals surface area (Å²) in [5.41, 5.74) is -0.259. The number of aromatic nitrogens is 3. The summed E-state index contributed by atoms with van der Waals surface area (Å²) in [6.07, 6.45) is 3.52. The number of hydrogen-bond acceptors (Lipinski definition) is 7. The Labute approximate surface area is 142 Å². The normalized spacial score (nSPS) is 11.3. The Kier molecular flexibility index (Phi) is 4.14. The van der Waals surface area contributed by atoms with E-state index in [4.69, 9.17) is 13.7 Å². The Bertz CT molecular complexity index is 886. The van der Waals surface area contributed by atoms with Gasteiger partial charge in [0.25, 0.3) is 5.91 Å². The lowest BCUT2D eigenvalue weighted by molar-refractivity contribution is 0.0514. The average molecular weight is 344 g/mol. The highest BCUT2D eigenvalue weighted by Crippen LogP contribution is 2.21. The Hall–Kier alpha value is -3.36. The summed E-state index contributed by atoms with van der Waals surface area (Å²) >= 11 is 0. The number of ether oxygens (including phenoxy) is 1. The molecule has 25 heavy (non-hydrogen) atoms. The van der Waals surface area contributed by atoms with Crippen LogP contribution in [-0.2, 0) is 4.74 Å². The quantitative estimate of drug-likeness (QED) is 0.776. The summed E-state index contributed by atoms with van der Waals surface area (Å²) < 4.78 is 16.4. The average Bonchev–Trinajstić information content (AvgIpc) is 3.26. The van der Waals surface area contributed by atoms with Gasteiger partial charge < -0.3 is 19.0 Å². The zero-order valence-corrected chi connectivity index (χ0v) is 13.8. The first kappa shape index (κ1) is 16.5. The largest absolute Gasteiger partial charge is 0.461 e. The number of rotatable bonds is 3. The number of nitrogens with one attached hydrogen (secondary N) is 1. The maximum Gasteiger partial charge on any atom is 0.435 e. The van der Waals surface area contributed by atoms with E-state index in [2.05, 4.69) is 15.6 Å². The number of hydrogen-bond donors (Lipinski definition) is 1. The fraction of sp³-hybridized carbons (Fsp3) is 0.250. The van der Waals surface area contributed by atoms with E-state index in [1.807, 2.05) is 0 Å². The third-order valence-electron chi connectivity index (χ3n) is 2.93. The molecule has 0 unspecified atom stereocenters. The lowest BCUT2D eigenvalue weighted by Crippen LogP contribution is -2.27. The number of anilines is 1. The third-order valence-corrected chi connectivity index (χ3v) is 2.93. The van der Waals surface area contributed by atoms with E-state index in [0.29, 0.717) is 17.2 Å². The first-order chi connectivity index (χ1) is 11.8. The zero-order valence-electron chi connectivity index (χ0n) is 13.8. The van der Waals surface area contributed by atoms with Crippen LogP contribution in [0.1, 0.15) is 31.3 Å². The monoisotopic (exact) mass is 344 g/mol. The van der Waals surface area contributed by atoms with Crippen LogP contribution >= 0.6 is 0 Å². The van der Waals surface area contributed by atoms with Gasteiger partial charge in [0, 0.05) is 6.07 Å². The van der Waals surface area contributed by atoms with Crippen LogP contribution in [-0.4, -0.2) is 32.5 Å². The molecule has 3 aromatic heterocycles. The van der Waals surface area contributed by atoms with Crippen LogP contribution in [0.4, 0.5) is 10.5 Å². The van der Waals surface area contributed by atoms with Crippen molar-refractivity contribution < 1.29 is 23.3 Å². The molecular weight excluding hydrogens is 328 g/mol. The topological polar surface area (TPSA) is 112 Å². The van der Waals surface area contributed by atoms with Gasteiger partial charge in [-0.25, -0.2) is 4.79 Å². The molecule has 0 fully saturated rings. The van der Waals surface area contributed by atoms with Crippen LogP contribution in [0, 0.1) is 0 Å². The highest BCUT2D eigenvalue weighted by atomic mass is 16.6. The van der Waals surface area contributed by atoms with E-state index >= 15 is 0 Å². The maximum atomic E-state index is 12.2. The third kappa shape index (κ3) is 3.94. The predicted molar refractivity (Wildman–Crippen MR) is 86.0 cm³/mol. The molecule has 130 valence electrons. The van der Waals surface area contributed by atoms with Crippen LogP contribution in [0.25, 0.3) is 11.5 Å². The highest BCUT2D eigenvalue weighted by Gasteiger charge is 2.20. The molecule has 0 aliphatic rings. The van der Waals surface area contributed by atoms with Crippen LogP contribution in [0.2, 0.25) is 0 Å². The SMILES string of the molecule is CC(C)(C)OC(=O)n1cc(NC(=O)c2cc(-c3ccco3)on2)cn1. The van der Waals surface area contributed by atoms with Gasteiger partial charge >= 0.3 is 6.09 Å². The molecule has 1 amide bonds. The number of carbonyl (C=O) groups excluding carboxylic acids is 2. The predicted octanol–water partition coefficient (Wildman–Crippen LogP) is 3.17. The molecular formula is C16H16N4O5. The minimum atomic E-state index is -0.644. The molecule has 0 bridgehead atoms. The summed E-state index contributed by atoms with van der Waals surface area (Å²) in [6.45, 7) is 5.24. The van der Waals surface area contributed by atoms with Crippen molar-refractivity contribution in [1.82, 2.24) is 14.9 Å². The Morgan fingerprint density at radius 1 is 1.28 bits per heavy atom. The fourth-order valence-corrected chi connectivity index (χ4v) is 1.91. The van der Waals surface area contributed by atoms with Gasteiger partial charge in [0.2, 0.25) is 5.76 Å². The minimum absolute atomic E-state index is 0.0661. The van der Waals surface area contributed by atoms with Crippen molar-refractivity contribution in [3.63, 3.8) is 0 Å². The summed E-state index contributed by atoms with van der Waals surface area (Å²) in [4.78, 5) is 24.1. The van der Waals surface area contributed by atoms with E-state index in [1.165, 1.54) is 24.7 Å². The lowest BCUT2D eigenvalue weighted by atomic mass is 10.2. The van der Waals surface area contributed by atoms with Crippen molar-refractivity contribution in [3.8, 4) is 11.5 Å². The summed E-state index contributed by atoms with van der Waals surface area (Å²) in [5.74, 6) is 0.286. The molecule has 9 heteroatoms. The van der Waals surface area contributed by atoms with Gasteiger partial charge in [-0.2, -0.15) is 9.78 Å². The number of nitrogens with zero attached hydrogens (tertiary/aromatic N) is 3. The Balaban J connectivity index is 1.67. The molecule has 0 aliphatic heterocycles. The Morgan fingerprint density at radius 3 is 2.76 bits per heavy atom. The molecule has 3 heterocycles. The van der Waals surface area contributed by atoms with E-state index in [-0.39, 0.29) is 5.69 Å². The molecule has 0 aromatic carbocycles. The zero-order chi connectivity index (χ0) is 18.0. The van der Waals surface area contributed by atoms with Crippen molar-refractivity contribution in [2.45, 2.75) is 26.4 Å². The standard InChI is InChI=1S/C16H16N4O5/c1-16(2,3)24-15(22)20-9-10(8-17-20)18-14(21)11-7-13(25-19-11)12-5-4-6-23-12/h4-9H,1-3H3,(H,18,21). The fourth-order valence-electron chi connectivity index (χ4n) is 1.91. The van der Waals surface area contributed by atoms with Gasteiger partial charge in [0.1, 0.15) is 5.60 Å². The van der Waals surface area contributed by atoms with E-state index in [9.17, 15) is 9.59 Å². The lowest BCUT2D eigenvalue weighted by Gasteiger charge is -2.18. The second-order valence-corrected chi connectivity index (χ2v) is 6.16. The van der Waals surface area contributed by atoms with Crippen LogP contribution in [0.15, 0.2) is 45.8 Å². The summed E-state index contributed by atoms with van der Waals surface area (Å²) in [6, 6.07) is 4.84. The highest BCUT2D eigenvalue weighted by molar-refractivity contribution is 6.03. The molecule has 0 spiro atoms. The maximum absolute atomic E-state index is 12.2. The molecule has 0 atom stereocenters. The van der Waals surface area contributed by atoms with Gasteiger partial charge in [-0.15, -0.1) is 0 Å². The molecule has 0 radical (unpaired) electrons. The van der Waals surface area contributed by atoms with Gasteiger partial charge in [-0.05, 0) is 32.9 Å². The Morgan fingerprint density at radius 2 is 2.08 bits per heavy atom. The first-order valence-corrected chi connectivity index (χ1v) is 7.42. The van der Waals surface area contributed by atoms with Gasteiger partial charge in [0.05, 0.1) is 24.3 Å². The van der Waals surface area contributed by atoms with E-state index < -0.39 is 17.6 Å². The molecule has 0 saturated heterocycles. The number of furan rings is 1. The van der Waals surface area contributed by atoms with Crippen LogP contribution in [0.3, 0.4) is 0 Å². The summed E-state index contributed by atoms with van der Waals surface area (Å²) in [7, 11) is 0. The van der Waals surface area contributed by atoms with Crippen LogP contribution < -0.4 is 5.32 Å². The second kappa shape index (κ2) is 6.27. The van der Waals surface area contributed by atoms with Gasteiger partial charge in [-0.3, -0.25) is 4.79 Å². The van der Waals surface area contributed by atoms with Crippen molar-refractivity contribution in [2.24, 2.45) is 0 Å². The first-order valence-electron chi connectivity index (χ1n) is 7.42. The van der Waals surface area contributed by atoms with Gasteiger partial charge in [-0.1, -0.05) is 5.16 Å².